The number of amidine groups is 1. The third-order valence-electron chi connectivity index (χ3n) is 4.69. The molecule has 1 aromatic heterocycles. The zero-order chi connectivity index (χ0) is 22.8. The quantitative estimate of drug-likeness (QED) is 0.262. The molecule has 3 aromatic rings. The van der Waals surface area contributed by atoms with E-state index >= 15 is 0 Å². The van der Waals surface area contributed by atoms with E-state index < -0.39 is 11.8 Å². The van der Waals surface area contributed by atoms with Crippen molar-refractivity contribution in [2.24, 2.45) is 0 Å². The van der Waals surface area contributed by atoms with Gasteiger partial charge in [-0.15, -0.1) is 0 Å². The fraction of sp³-hybridized carbons (Fsp3) is 0.0909. The second-order valence-corrected chi connectivity index (χ2v) is 8.27. The zero-order valence-electron chi connectivity index (χ0n) is 16.5. The molecule has 0 aliphatic carbocycles. The lowest BCUT2D eigenvalue weighted by atomic mass is 10.1. The van der Waals surface area contributed by atoms with Crippen molar-refractivity contribution < 1.29 is 9.59 Å². The van der Waals surface area contributed by atoms with Gasteiger partial charge in [0.05, 0.1) is 26.9 Å². The summed E-state index contributed by atoms with van der Waals surface area (Å²) in [4.78, 5) is 31.6. The zero-order valence-corrected chi connectivity index (χ0v) is 18.7. The van der Waals surface area contributed by atoms with Gasteiger partial charge in [0.25, 0.3) is 11.8 Å². The van der Waals surface area contributed by atoms with E-state index in [1.165, 1.54) is 18.3 Å². The number of pyridine rings is 1. The summed E-state index contributed by atoms with van der Waals surface area (Å²) < 4.78 is 0. The van der Waals surface area contributed by atoms with E-state index in [1.807, 2.05) is 4.90 Å². The van der Waals surface area contributed by atoms with Gasteiger partial charge in [-0.05, 0) is 42.5 Å². The van der Waals surface area contributed by atoms with Gasteiger partial charge in [0, 0.05) is 29.9 Å². The molecule has 0 saturated carbocycles. The predicted molar refractivity (Wildman–Crippen MR) is 126 cm³/mol. The summed E-state index contributed by atoms with van der Waals surface area (Å²) >= 11 is 18.2. The molecule has 2 aromatic carbocycles. The maximum atomic E-state index is 12.9. The Balaban J connectivity index is 1.55. The highest BCUT2D eigenvalue weighted by molar-refractivity contribution is 6.35. The highest BCUT2D eigenvalue weighted by Gasteiger charge is 2.23. The number of carbonyl (C=O) groups is 2. The summed E-state index contributed by atoms with van der Waals surface area (Å²) in [6.45, 7) is 1.68. The van der Waals surface area contributed by atoms with Crippen LogP contribution in [0.4, 0.5) is 11.5 Å². The highest BCUT2D eigenvalue weighted by atomic mass is 35.5. The smallest absolute Gasteiger partial charge is 0.258 e. The summed E-state index contributed by atoms with van der Waals surface area (Å²) in [6.07, 6.45) is 1.41. The Bertz CT molecular complexity index is 1230. The number of halogens is 3. The molecule has 1 saturated heterocycles. The second kappa shape index (κ2) is 9.16. The molecule has 1 aliphatic rings. The fourth-order valence-corrected chi connectivity index (χ4v) is 3.49. The third-order valence-corrected chi connectivity index (χ3v) is 5.47. The number of carbonyl (C=O) groups excluding carboxylic acids is 2. The largest absolute Gasteiger partial charge is 0.353 e. The first kappa shape index (κ1) is 22.1. The molecule has 32 heavy (non-hydrogen) atoms. The molecule has 1 aliphatic heterocycles. The molecule has 0 atom stereocenters. The Morgan fingerprint density at radius 3 is 2.25 bits per heavy atom. The molecule has 7 nitrogen and oxygen atoms in total. The number of amides is 2. The van der Waals surface area contributed by atoms with Crippen LogP contribution in [0, 0.1) is 5.41 Å². The van der Waals surface area contributed by atoms with Gasteiger partial charge in [-0.1, -0.05) is 40.9 Å². The van der Waals surface area contributed by atoms with E-state index in [4.69, 9.17) is 40.2 Å². The van der Waals surface area contributed by atoms with Gasteiger partial charge in [0.1, 0.15) is 11.7 Å². The molecule has 3 N–H and O–H groups in total. The third kappa shape index (κ3) is 5.02. The molecule has 162 valence electrons. The van der Waals surface area contributed by atoms with Crippen molar-refractivity contribution in [1.29, 1.82) is 5.41 Å². The minimum Gasteiger partial charge on any atom is -0.353 e. The van der Waals surface area contributed by atoms with E-state index in [-0.39, 0.29) is 21.8 Å². The van der Waals surface area contributed by atoms with Crippen LogP contribution in [-0.2, 0) is 0 Å². The molecule has 2 amide bonds. The number of nitrogens with one attached hydrogen (secondary N) is 3. The van der Waals surface area contributed by atoms with Crippen molar-refractivity contribution in [2.45, 2.75) is 0 Å². The molecular weight excluding hydrogens is 473 g/mol. The van der Waals surface area contributed by atoms with E-state index in [9.17, 15) is 9.59 Å². The second-order valence-electron chi connectivity index (χ2n) is 6.99. The number of aromatic nitrogens is 1. The van der Waals surface area contributed by atoms with E-state index in [2.05, 4.69) is 15.6 Å². The molecule has 0 radical (unpaired) electrons. The van der Waals surface area contributed by atoms with Gasteiger partial charge in [-0.25, -0.2) is 4.98 Å². The van der Waals surface area contributed by atoms with Crippen molar-refractivity contribution >= 4 is 64.0 Å². The van der Waals surface area contributed by atoms with Crippen LogP contribution in [0.15, 0.2) is 54.7 Å². The summed E-state index contributed by atoms with van der Waals surface area (Å²) in [5, 5.41) is 14.4. The lowest BCUT2D eigenvalue weighted by Gasteiger charge is -2.13. The number of hydrogen-bond donors (Lipinski definition) is 3. The molecule has 0 unspecified atom stereocenters. The molecule has 1 fully saturated rings. The summed E-state index contributed by atoms with van der Waals surface area (Å²) in [7, 11) is 0. The van der Waals surface area contributed by atoms with E-state index in [1.54, 1.807) is 36.4 Å². The lowest BCUT2D eigenvalue weighted by molar-refractivity contribution is 0.102. The number of rotatable bonds is 5. The number of nitrogens with zero attached hydrogens (tertiary/aromatic N) is 2. The minimum absolute atomic E-state index is 0.152. The van der Waals surface area contributed by atoms with Crippen LogP contribution in [0.3, 0.4) is 0 Å². The average Bonchev–Trinajstić information content (AvgIpc) is 3.61. The van der Waals surface area contributed by atoms with Crippen molar-refractivity contribution in [2.75, 3.05) is 23.7 Å². The molecule has 0 spiro atoms. The Labute approximate surface area is 198 Å². The Morgan fingerprint density at radius 2 is 1.59 bits per heavy atom. The first-order valence-corrected chi connectivity index (χ1v) is 10.6. The van der Waals surface area contributed by atoms with Gasteiger partial charge in [0.15, 0.2) is 0 Å². The van der Waals surface area contributed by atoms with Crippen molar-refractivity contribution in [3.63, 3.8) is 0 Å². The molecule has 10 heteroatoms. The van der Waals surface area contributed by atoms with Crippen LogP contribution in [-0.4, -0.2) is 40.6 Å². The Kier molecular flexibility index (Phi) is 6.32. The van der Waals surface area contributed by atoms with Gasteiger partial charge in [0.2, 0.25) is 0 Å². The number of benzene rings is 2. The van der Waals surface area contributed by atoms with Crippen LogP contribution < -0.4 is 10.6 Å². The minimum atomic E-state index is -0.508. The summed E-state index contributed by atoms with van der Waals surface area (Å²) in [5.41, 5.74) is 1.25. The fourth-order valence-electron chi connectivity index (χ4n) is 2.94. The highest BCUT2D eigenvalue weighted by Crippen LogP contribution is 2.25. The van der Waals surface area contributed by atoms with Crippen LogP contribution in [0.2, 0.25) is 15.1 Å². The van der Waals surface area contributed by atoms with Crippen molar-refractivity contribution in [1.82, 2.24) is 9.88 Å². The van der Waals surface area contributed by atoms with Crippen LogP contribution in [0.1, 0.15) is 26.3 Å². The van der Waals surface area contributed by atoms with Crippen molar-refractivity contribution in [3.05, 3.63) is 86.5 Å². The van der Waals surface area contributed by atoms with Crippen molar-refractivity contribution in [3.8, 4) is 0 Å². The maximum Gasteiger partial charge on any atom is 0.258 e. The molecule has 0 bridgehead atoms. The molecule has 2 heterocycles. The maximum absolute atomic E-state index is 12.9. The Morgan fingerprint density at radius 1 is 0.875 bits per heavy atom. The first-order chi connectivity index (χ1) is 15.3. The molecule has 4 rings (SSSR count). The normalized spacial score (nSPS) is 12.3. The molecular formula is C22H16Cl3N5O2. The first-order valence-electron chi connectivity index (χ1n) is 9.49. The van der Waals surface area contributed by atoms with Gasteiger partial charge in [-0.3, -0.25) is 15.0 Å². The van der Waals surface area contributed by atoms with Gasteiger partial charge >= 0.3 is 0 Å². The SMILES string of the molecule is N=C(c1ccc(C(=O)Nc2ccc(Cl)cc2C(=O)Nc2ccc(Cl)cn2)c(Cl)c1)N1CC1. The summed E-state index contributed by atoms with van der Waals surface area (Å²) in [5.74, 6) is -0.345. The van der Waals surface area contributed by atoms with Gasteiger partial charge in [-0.2, -0.15) is 0 Å². The number of hydrogen-bond acceptors (Lipinski definition) is 4. The van der Waals surface area contributed by atoms with Gasteiger partial charge < -0.3 is 15.5 Å². The van der Waals surface area contributed by atoms with E-state index in [0.717, 1.165) is 13.1 Å². The van der Waals surface area contributed by atoms with Crippen LogP contribution in [0.25, 0.3) is 0 Å². The topological polar surface area (TPSA) is 98.0 Å². The monoisotopic (exact) mass is 487 g/mol. The average molecular weight is 489 g/mol. The van der Waals surface area contributed by atoms with Crippen LogP contribution >= 0.6 is 34.8 Å². The summed E-state index contributed by atoms with van der Waals surface area (Å²) in [6, 6.07) is 12.5. The Hall–Kier alpha value is -3.13. The van der Waals surface area contributed by atoms with E-state index in [0.29, 0.717) is 27.3 Å². The standard InChI is InChI=1S/C22H16Cl3N5O2/c23-13-2-5-18(16(10-13)22(32)29-19-6-3-14(24)11-27-19)28-21(31)15-4-1-12(9-17(15)25)20(26)30-7-8-30/h1-6,9-11,26H,7-8H2,(H,28,31)(H,27,29,32). The predicted octanol–water partition coefficient (Wildman–Crippen LogP) is 5.19. The number of anilines is 2. The van der Waals surface area contributed by atoms with Crippen LogP contribution in [0.5, 0.6) is 0 Å². The lowest BCUT2D eigenvalue weighted by Crippen LogP contribution is -2.19.